The number of amides is 2. The van der Waals surface area contributed by atoms with Gasteiger partial charge in [-0.25, -0.2) is 0 Å². The van der Waals surface area contributed by atoms with Crippen LogP contribution in [0.5, 0.6) is 0 Å². The molecule has 8 heteroatoms. The summed E-state index contributed by atoms with van der Waals surface area (Å²) >= 11 is -1.59. The molecule has 230 valence electrons. The van der Waals surface area contributed by atoms with Crippen LogP contribution in [0.15, 0.2) is 121 Å². The van der Waals surface area contributed by atoms with Crippen LogP contribution in [-0.2, 0) is 25.5 Å². The van der Waals surface area contributed by atoms with E-state index in [-0.39, 0.29) is 36.2 Å². The van der Waals surface area contributed by atoms with E-state index >= 15 is 0 Å². The van der Waals surface area contributed by atoms with Gasteiger partial charge < -0.3 is 0 Å². The second-order valence-corrected chi connectivity index (χ2v) is 22.5. The maximum atomic E-state index is 13.6. The van der Waals surface area contributed by atoms with Crippen LogP contribution in [0, 0.1) is 0 Å². The zero-order valence-electron chi connectivity index (χ0n) is 25.6. The zero-order chi connectivity index (χ0) is 31.4. The van der Waals surface area contributed by atoms with Crippen molar-refractivity contribution in [2.24, 2.45) is 0 Å². The SMILES string of the molecule is CC1(C)SC2C(NC(=O)Cc3ccccc3)C(=O)N2C1C(=O)OCC[CH2][Ge]([c]1ccccc1)([c]1ccccc1)[c]1ccccc1. The molecule has 0 aliphatic carbocycles. The molecule has 2 aliphatic rings. The van der Waals surface area contributed by atoms with Crippen molar-refractivity contribution in [2.75, 3.05) is 6.61 Å². The van der Waals surface area contributed by atoms with E-state index in [0.29, 0.717) is 6.42 Å². The van der Waals surface area contributed by atoms with Gasteiger partial charge in [0.2, 0.25) is 0 Å². The Bertz CT molecular complexity index is 1540. The van der Waals surface area contributed by atoms with Crippen LogP contribution in [0.2, 0.25) is 5.25 Å². The van der Waals surface area contributed by atoms with Crippen molar-refractivity contribution in [1.29, 1.82) is 0 Å². The van der Waals surface area contributed by atoms with E-state index in [1.807, 2.05) is 44.2 Å². The Labute approximate surface area is 271 Å². The Morgan fingerprint density at radius 1 is 0.800 bits per heavy atom. The van der Waals surface area contributed by atoms with Crippen molar-refractivity contribution in [1.82, 2.24) is 10.2 Å². The first-order valence-corrected chi connectivity index (χ1v) is 21.0. The molecule has 2 amide bonds. The molecule has 45 heavy (non-hydrogen) atoms. The Morgan fingerprint density at radius 3 is 1.80 bits per heavy atom. The van der Waals surface area contributed by atoms with Gasteiger partial charge >= 0.3 is 237 Å². The second kappa shape index (κ2) is 13.3. The van der Waals surface area contributed by atoms with Crippen LogP contribution in [0.4, 0.5) is 0 Å². The number of ether oxygens (including phenoxy) is 1. The van der Waals surface area contributed by atoms with Crippen molar-refractivity contribution in [3.63, 3.8) is 0 Å². The molecule has 6 nitrogen and oxygen atoms in total. The zero-order valence-corrected chi connectivity index (χ0v) is 28.5. The van der Waals surface area contributed by atoms with Crippen molar-refractivity contribution in [2.45, 2.75) is 54.1 Å². The minimum atomic E-state index is -3.14. The van der Waals surface area contributed by atoms with Gasteiger partial charge in [-0.1, -0.05) is 30.3 Å². The number of hydrogen-bond donors (Lipinski definition) is 1. The monoisotopic (exact) mass is 680 g/mol. The van der Waals surface area contributed by atoms with Crippen molar-refractivity contribution in [3.05, 3.63) is 127 Å². The van der Waals surface area contributed by atoms with Gasteiger partial charge in [-0.3, -0.25) is 0 Å². The summed E-state index contributed by atoms with van der Waals surface area (Å²) in [6.07, 6.45) is 0.915. The topological polar surface area (TPSA) is 75.7 Å². The summed E-state index contributed by atoms with van der Waals surface area (Å²) < 4.78 is 9.51. The predicted octanol–water partition coefficient (Wildman–Crippen LogP) is 3.88. The van der Waals surface area contributed by atoms with Crippen LogP contribution in [-0.4, -0.2) is 64.8 Å². The molecular weight excluding hydrogens is 641 g/mol. The van der Waals surface area contributed by atoms with Crippen molar-refractivity contribution in [3.8, 4) is 0 Å². The Balaban J connectivity index is 1.13. The Hall–Kier alpha value is -3.82. The Kier molecular flexibility index (Phi) is 9.19. The summed E-state index contributed by atoms with van der Waals surface area (Å²) in [6.45, 7) is 4.22. The molecular formula is C37H38GeN2O4S. The minimum absolute atomic E-state index is 0.201. The molecule has 0 spiro atoms. The summed E-state index contributed by atoms with van der Waals surface area (Å²) in [7, 11) is 0. The fraction of sp³-hybridized carbons (Fsp3) is 0.270. The van der Waals surface area contributed by atoms with Gasteiger partial charge in [0.25, 0.3) is 0 Å². The summed E-state index contributed by atoms with van der Waals surface area (Å²) in [6, 6.07) is 40.4. The molecule has 2 aliphatic heterocycles. The van der Waals surface area contributed by atoms with E-state index in [1.165, 1.54) is 13.2 Å². The molecule has 0 bridgehead atoms. The van der Waals surface area contributed by atoms with Crippen LogP contribution >= 0.6 is 11.8 Å². The first-order valence-electron chi connectivity index (χ1n) is 15.5. The fourth-order valence-electron chi connectivity index (χ4n) is 6.82. The molecule has 6 rings (SSSR count). The normalized spacial score (nSPS) is 20.2. The fourth-order valence-corrected chi connectivity index (χ4v) is 18.6. The van der Waals surface area contributed by atoms with Crippen LogP contribution in [0.3, 0.4) is 0 Å². The first kappa shape index (κ1) is 31.2. The van der Waals surface area contributed by atoms with Crippen LogP contribution in [0.25, 0.3) is 0 Å². The van der Waals surface area contributed by atoms with Gasteiger partial charge in [0, 0.05) is 0 Å². The number of fused-ring (bicyclic) bond motifs is 1. The standard InChI is InChI=1S/C37H38GeN2O4S/c1-37(2)33(40-34(42)32(35(40)45-37)39-31(41)26-27-16-7-3-8-17-27)36(43)44-25-15-24-38(28-18-9-4-10-19-28,29-20-11-5-12-21-29)30-22-13-6-14-23-30/h3-14,16-23,32-33,35H,15,24-26H2,1-2H3,(H,39,41). The summed E-state index contributed by atoms with van der Waals surface area (Å²) in [5.41, 5.74) is 0.888. The number of nitrogens with one attached hydrogen (secondary N) is 1. The third-order valence-electron chi connectivity index (χ3n) is 8.93. The Morgan fingerprint density at radius 2 is 1.29 bits per heavy atom. The number of thioether (sulfide) groups is 1. The number of esters is 1. The summed E-state index contributed by atoms with van der Waals surface area (Å²) in [5, 5.41) is 3.52. The van der Waals surface area contributed by atoms with Gasteiger partial charge in [-0.05, 0) is 5.56 Å². The van der Waals surface area contributed by atoms with Gasteiger partial charge in [0.1, 0.15) is 0 Å². The summed E-state index contributed by atoms with van der Waals surface area (Å²) in [5.74, 6) is -0.810. The quantitative estimate of drug-likeness (QED) is 0.113. The van der Waals surface area contributed by atoms with Crippen LogP contribution in [0.1, 0.15) is 25.8 Å². The van der Waals surface area contributed by atoms with Gasteiger partial charge in [-0.2, -0.15) is 0 Å². The van der Waals surface area contributed by atoms with E-state index in [4.69, 9.17) is 4.74 Å². The number of hydrogen-bond acceptors (Lipinski definition) is 5. The summed E-state index contributed by atoms with van der Waals surface area (Å²) in [4.78, 5) is 41.2. The average molecular weight is 679 g/mol. The van der Waals surface area contributed by atoms with Crippen LogP contribution < -0.4 is 18.5 Å². The predicted molar refractivity (Wildman–Crippen MR) is 183 cm³/mol. The van der Waals surface area contributed by atoms with Crippen molar-refractivity contribution >= 4 is 56.0 Å². The van der Waals surface area contributed by atoms with Crippen molar-refractivity contribution < 1.29 is 19.1 Å². The molecule has 0 radical (unpaired) electrons. The van der Waals surface area contributed by atoms with E-state index in [1.54, 1.807) is 16.7 Å². The number of nitrogens with zero attached hydrogens (tertiary/aromatic N) is 1. The number of carbonyl (C=O) groups excluding carboxylic acids is 3. The molecule has 4 aromatic carbocycles. The third kappa shape index (κ3) is 6.20. The second-order valence-electron chi connectivity index (χ2n) is 12.2. The van der Waals surface area contributed by atoms with Gasteiger partial charge in [0.05, 0.1) is 0 Å². The number of carbonyl (C=O) groups is 3. The van der Waals surface area contributed by atoms with E-state index in [9.17, 15) is 14.4 Å². The molecule has 2 heterocycles. The third-order valence-corrected chi connectivity index (χ3v) is 21.1. The molecule has 1 N–H and O–H groups in total. The maximum absolute atomic E-state index is 13.6. The van der Waals surface area contributed by atoms with Gasteiger partial charge in [-0.15, -0.1) is 0 Å². The number of benzene rings is 4. The molecule has 4 aromatic rings. The number of β-lactam (4-membered cyclic amide) rings is 1. The molecule has 2 saturated heterocycles. The molecule has 2 fully saturated rings. The molecule has 0 saturated carbocycles. The molecule has 0 aromatic heterocycles. The number of rotatable bonds is 11. The molecule has 3 atom stereocenters. The first-order chi connectivity index (χ1) is 21.8. The van der Waals surface area contributed by atoms with Gasteiger partial charge in [0.15, 0.2) is 0 Å². The van der Waals surface area contributed by atoms with E-state index in [2.05, 4.69) is 96.3 Å². The van der Waals surface area contributed by atoms with E-state index in [0.717, 1.165) is 10.8 Å². The van der Waals surface area contributed by atoms with E-state index < -0.39 is 30.1 Å². The molecule has 3 unspecified atom stereocenters. The average Bonchev–Trinajstić information content (AvgIpc) is 3.33.